The third-order valence-electron chi connectivity index (χ3n) is 3.36. The predicted octanol–water partition coefficient (Wildman–Crippen LogP) is 1.56. The molecule has 1 saturated carbocycles. The molecule has 0 aliphatic heterocycles. The maximum atomic E-state index is 11.7. The zero-order chi connectivity index (χ0) is 11.7. The van der Waals surface area contributed by atoms with Crippen LogP contribution in [0.25, 0.3) is 0 Å². The molecule has 1 atom stereocenters. The monoisotopic (exact) mass is 213 g/mol. The highest BCUT2D eigenvalue weighted by Crippen LogP contribution is 2.51. The Bertz CT molecular complexity index is 246. The van der Waals surface area contributed by atoms with E-state index in [0.717, 1.165) is 12.8 Å². The van der Waals surface area contributed by atoms with Crippen LogP contribution in [0.4, 0.5) is 0 Å². The summed E-state index contributed by atoms with van der Waals surface area (Å²) < 4.78 is 0. The number of nitrogens with one attached hydrogen (secondary N) is 1. The first-order valence-corrected chi connectivity index (χ1v) is 5.67. The predicted molar refractivity (Wildman–Crippen MR) is 60.4 cm³/mol. The lowest BCUT2D eigenvalue weighted by atomic mass is 9.89. The molecular weight excluding hydrogens is 190 g/mol. The van der Waals surface area contributed by atoms with Gasteiger partial charge in [-0.1, -0.05) is 27.7 Å². The van der Waals surface area contributed by atoms with Crippen molar-refractivity contribution >= 4 is 5.91 Å². The molecule has 88 valence electrons. The number of aliphatic hydroxyl groups is 1. The molecule has 0 saturated heterocycles. The third kappa shape index (κ3) is 3.49. The molecule has 1 rings (SSSR count). The van der Waals surface area contributed by atoms with Gasteiger partial charge in [0.1, 0.15) is 0 Å². The molecule has 1 aliphatic rings. The topological polar surface area (TPSA) is 49.3 Å². The molecule has 3 nitrogen and oxygen atoms in total. The van der Waals surface area contributed by atoms with Crippen LogP contribution in [0.2, 0.25) is 0 Å². The van der Waals surface area contributed by atoms with E-state index in [4.69, 9.17) is 5.11 Å². The summed E-state index contributed by atoms with van der Waals surface area (Å²) in [4.78, 5) is 11.7. The highest BCUT2D eigenvalue weighted by atomic mass is 16.3. The van der Waals surface area contributed by atoms with Gasteiger partial charge in [-0.05, 0) is 23.7 Å². The molecular formula is C12H23NO2. The second kappa shape index (κ2) is 4.12. The van der Waals surface area contributed by atoms with Gasteiger partial charge in [0.15, 0.2) is 0 Å². The summed E-state index contributed by atoms with van der Waals surface area (Å²) in [7, 11) is 0. The first-order chi connectivity index (χ1) is 6.78. The lowest BCUT2D eigenvalue weighted by Crippen LogP contribution is -2.36. The van der Waals surface area contributed by atoms with Gasteiger partial charge < -0.3 is 10.4 Å². The minimum absolute atomic E-state index is 0.0105. The number of carbonyl (C=O) groups is 1. The Morgan fingerprint density at radius 1 is 1.53 bits per heavy atom. The maximum absolute atomic E-state index is 11.7. The average molecular weight is 213 g/mol. The van der Waals surface area contributed by atoms with Crippen molar-refractivity contribution in [3.8, 4) is 0 Å². The lowest BCUT2D eigenvalue weighted by molar-refractivity contribution is -0.123. The van der Waals surface area contributed by atoms with E-state index in [1.165, 1.54) is 0 Å². The minimum Gasteiger partial charge on any atom is -0.396 e. The van der Waals surface area contributed by atoms with Crippen molar-refractivity contribution in [1.82, 2.24) is 5.32 Å². The molecule has 3 heteroatoms. The van der Waals surface area contributed by atoms with Gasteiger partial charge in [-0.15, -0.1) is 0 Å². The number of carbonyl (C=O) groups excluding carboxylic acids is 1. The van der Waals surface area contributed by atoms with Crippen molar-refractivity contribution in [1.29, 1.82) is 0 Å². The first-order valence-electron chi connectivity index (χ1n) is 5.67. The Labute approximate surface area is 92.3 Å². The second-order valence-corrected chi connectivity index (χ2v) is 6.10. The van der Waals surface area contributed by atoms with Gasteiger partial charge >= 0.3 is 0 Å². The molecule has 0 spiro atoms. The summed E-state index contributed by atoms with van der Waals surface area (Å²) in [5, 5.41) is 11.8. The molecule has 2 N–H and O–H groups in total. The van der Waals surface area contributed by atoms with Crippen LogP contribution in [0.3, 0.4) is 0 Å². The van der Waals surface area contributed by atoms with Gasteiger partial charge in [0, 0.05) is 19.1 Å². The van der Waals surface area contributed by atoms with Crippen LogP contribution in [0, 0.1) is 16.7 Å². The number of hydrogen-bond acceptors (Lipinski definition) is 2. The fourth-order valence-electron chi connectivity index (χ4n) is 1.76. The summed E-state index contributed by atoms with van der Waals surface area (Å²) in [6.07, 6.45) is 1.72. The fourth-order valence-corrected chi connectivity index (χ4v) is 1.76. The van der Waals surface area contributed by atoms with E-state index in [0.29, 0.717) is 6.54 Å². The Morgan fingerprint density at radius 3 is 2.47 bits per heavy atom. The summed E-state index contributed by atoms with van der Waals surface area (Å²) in [6.45, 7) is 9.19. The summed E-state index contributed by atoms with van der Waals surface area (Å²) in [5.74, 6) is 0.369. The summed E-state index contributed by atoms with van der Waals surface area (Å²) in [5.41, 5.74) is 0.189. The number of rotatable bonds is 5. The third-order valence-corrected chi connectivity index (χ3v) is 3.36. The van der Waals surface area contributed by atoms with Crippen LogP contribution >= 0.6 is 0 Å². The lowest BCUT2D eigenvalue weighted by Gasteiger charge is -2.24. The molecule has 1 unspecified atom stereocenters. The standard InChI is InChI=1S/C12H23NO2/c1-11(2,5-6-14)8-13-10(15)9-7-12(9,3)4/h9,14H,5-8H2,1-4H3,(H,13,15). The molecule has 1 fully saturated rings. The molecule has 1 amide bonds. The highest BCUT2D eigenvalue weighted by molar-refractivity contribution is 5.82. The quantitative estimate of drug-likeness (QED) is 0.728. The molecule has 0 aromatic carbocycles. The van der Waals surface area contributed by atoms with E-state index >= 15 is 0 Å². The largest absolute Gasteiger partial charge is 0.396 e. The Morgan fingerprint density at radius 2 is 2.07 bits per heavy atom. The van der Waals surface area contributed by atoms with E-state index in [-0.39, 0.29) is 29.3 Å². The van der Waals surface area contributed by atoms with Gasteiger partial charge in [0.05, 0.1) is 0 Å². The molecule has 0 radical (unpaired) electrons. The Kier molecular flexibility index (Phi) is 3.44. The molecule has 0 bridgehead atoms. The van der Waals surface area contributed by atoms with E-state index in [1.54, 1.807) is 0 Å². The van der Waals surface area contributed by atoms with Crippen LogP contribution < -0.4 is 5.32 Å². The number of hydrogen-bond donors (Lipinski definition) is 2. The average Bonchev–Trinajstić information content (AvgIpc) is 2.71. The van der Waals surface area contributed by atoms with Crippen LogP contribution in [0.1, 0.15) is 40.5 Å². The van der Waals surface area contributed by atoms with E-state index in [2.05, 4.69) is 33.0 Å². The second-order valence-electron chi connectivity index (χ2n) is 6.10. The van der Waals surface area contributed by atoms with Crippen molar-refractivity contribution in [2.24, 2.45) is 16.7 Å². The van der Waals surface area contributed by atoms with Crippen molar-refractivity contribution in [2.45, 2.75) is 40.5 Å². The van der Waals surface area contributed by atoms with Crippen molar-refractivity contribution < 1.29 is 9.90 Å². The zero-order valence-electron chi connectivity index (χ0n) is 10.3. The van der Waals surface area contributed by atoms with Gasteiger partial charge in [-0.3, -0.25) is 4.79 Å². The van der Waals surface area contributed by atoms with Crippen molar-refractivity contribution in [3.05, 3.63) is 0 Å². The van der Waals surface area contributed by atoms with Crippen molar-refractivity contribution in [3.63, 3.8) is 0 Å². The SMILES string of the molecule is CC(C)(CCO)CNC(=O)C1CC1(C)C. The van der Waals surface area contributed by atoms with Crippen LogP contribution in [-0.2, 0) is 4.79 Å². The smallest absolute Gasteiger partial charge is 0.223 e. The van der Waals surface area contributed by atoms with E-state index in [1.807, 2.05) is 0 Å². The normalized spacial score (nSPS) is 23.7. The van der Waals surface area contributed by atoms with Gasteiger partial charge in [0.2, 0.25) is 5.91 Å². The maximum Gasteiger partial charge on any atom is 0.223 e. The molecule has 0 aromatic heterocycles. The summed E-state index contributed by atoms with van der Waals surface area (Å²) >= 11 is 0. The van der Waals surface area contributed by atoms with Gasteiger partial charge in [0.25, 0.3) is 0 Å². The summed E-state index contributed by atoms with van der Waals surface area (Å²) in [6, 6.07) is 0. The van der Waals surface area contributed by atoms with E-state index < -0.39 is 0 Å². The molecule has 15 heavy (non-hydrogen) atoms. The number of aliphatic hydroxyl groups excluding tert-OH is 1. The first kappa shape index (κ1) is 12.5. The Balaban J connectivity index is 2.29. The zero-order valence-corrected chi connectivity index (χ0v) is 10.3. The molecule has 0 aromatic rings. The minimum atomic E-state index is -0.0105. The Hall–Kier alpha value is -0.570. The number of amides is 1. The van der Waals surface area contributed by atoms with Gasteiger partial charge in [-0.25, -0.2) is 0 Å². The van der Waals surface area contributed by atoms with Crippen molar-refractivity contribution in [2.75, 3.05) is 13.2 Å². The van der Waals surface area contributed by atoms with Crippen LogP contribution in [0.5, 0.6) is 0 Å². The van der Waals surface area contributed by atoms with Crippen LogP contribution in [0.15, 0.2) is 0 Å². The van der Waals surface area contributed by atoms with E-state index in [9.17, 15) is 4.79 Å². The highest BCUT2D eigenvalue weighted by Gasteiger charge is 2.50. The molecule has 0 heterocycles. The molecule has 1 aliphatic carbocycles. The van der Waals surface area contributed by atoms with Gasteiger partial charge in [-0.2, -0.15) is 0 Å². The van der Waals surface area contributed by atoms with Crippen LogP contribution in [-0.4, -0.2) is 24.2 Å². The fraction of sp³-hybridized carbons (Fsp3) is 0.917.